The molecule has 1 aliphatic heterocycles. The molecule has 4 rings (SSSR count). The van der Waals surface area contributed by atoms with Gasteiger partial charge in [0.1, 0.15) is 18.6 Å². The Morgan fingerprint density at radius 3 is 2.59 bits per heavy atom. The number of nitrogen functional groups attached to an aromatic ring is 1. The first-order valence-corrected chi connectivity index (χ1v) is 13.4. The van der Waals surface area contributed by atoms with Crippen LogP contribution < -0.4 is 16.0 Å². The van der Waals surface area contributed by atoms with E-state index < -0.39 is 0 Å². The molecular formula is C28H36N10O3. The SMILES string of the molecule is C[C@@H]1CCN(C(=O)CC#N)C[C@@H]1N(C)c1ncnc2c1ccn2C(=O)N(C)CCN(C)C(=O)Nc1ccccc1N. The van der Waals surface area contributed by atoms with E-state index in [4.69, 9.17) is 11.0 Å². The minimum Gasteiger partial charge on any atom is -0.397 e. The van der Waals surface area contributed by atoms with Crippen molar-refractivity contribution in [2.45, 2.75) is 25.8 Å². The van der Waals surface area contributed by atoms with E-state index in [1.54, 1.807) is 49.5 Å². The number of nitrogens with one attached hydrogen (secondary N) is 1. The number of nitrogens with two attached hydrogens (primary N) is 1. The molecule has 41 heavy (non-hydrogen) atoms. The third kappa shape index (κ3) is 6.32. The number of amides is 4. The van der Waals surface area contributed by atoms with Crippen LogP contribution in [0.25, 0.3) is 11.0 Å². The van der Waals surface area contributed by atoms with Gasteiger partial charge < -0.3 is 30.7 Å². The topological polar surface area (TPSA) is 157 Å². The molecule has 0 radical (unpaired) electrons. The molecule has 2 aromatic heterocycles. The van der Waals surface area contributed by atoms with Gasteiger partial charge in [-0.3, -0.25) is 9.36 Å². The number of nitrogens with zero attached hydrogens (tertiary/aromatic N) is 8. The summed E-state index contributed by atoms with van der Waals surface area (Å²) in [5.41, 5.74) is 7.37. The van der Waals surface area contributed by atoms with E-state index in [0.717, 1.165) is 6.42 Å². The normalized spacial score (nSPS) is 16.6. The number of benzene rings is 1. The molecule has 0 bridgehead atoms. The zero-order valence-corrected chi connectivity index (χ0v) is 23.8. The number of carbonyl (C=O) groups excluding carboxylic acids is 3. The summed E-state index contributed by atoms with van der Waals surface area (Å²) in [5, 5.41) is 12.4. The van der Waals surface area contributed by atoms with Gasteiger partial charge in [-0.1, -0.05) is 19.1 Å². The lowest BCUT2D eigenvalue weighted by Gasteiger charge is -2.42. The summed E-state index contributed by atoms with van der Waals surface area (Å²) in [6.45, 7) is 3.84. The number of fused-ring (bicyclic) bond motifs is 1. The molecule has 1 fully saturated rings. The van der Waals surface area contributed by atoms with Crippen LogP contribution in [0.4, 0.5) is 26.8 Å². The molecule has 0 spiro atoms. The van der Waals surface area contributed by atoms with Gasteiger partial charge in [-0.25, -0.2) is 19.6 Å². The van der Waals surface area contributed by atoms with Crippen LogP contribution in [0.3, 0.4) is 0 Å². The van der Waals surface area contributed by atoms with Crippen LogP contribution in [-0.2, 0) is 4.79 Å². The molecule has 1 aliphatic rings. The molecule has 3 N–H and O–H groups in total. The Morgan fingerprint density at radius 2 is 1.85 bits per heavy atom. The summed E-state index contributed by atoms with van der Waals surface area (Å²) in [5.74, 6) is 0.781. The van der Waals surface area contributed by atoms with E-state index in [-0.39, 0.29) is 37.0 Å². The second-order valence-electron chi connectivity index (χ2n) is 10.4. The summed E-state index contributed by atoms with van der Waals surface area (Å²) in [7, 11) is 5.24. The Labute approximate surface area is 239 Å². The molecule has 216 valence electrons. The highest BCUT2D eigenvalue weighted by atomic mass is 16.2. The molecule has 0 aliphatic carbocycles. The number of rotatable bonds is 7. The highest BCUT2D eigenvalue weighted by Gasteiger charge is 2.33. The number of likely N-dealkylation sites (tertiary alicyclic amines) is 1. The predicted octanol–water partition coefficient (Wildman–Crippen LogP) is 2.66. The number of hydrogen-bond acceptors (Lipinski definition) is 8. The fraction of sp³-hybridized carbons (Fsp3) is 0.429. The van der Waals surface area contributed by atoms with Gasteiger partial charge >= 0.3 is 12.1 Å². The first-order valence-electron chi connectivity index (χ1n) is 13.4. The third-order valence-electron chi connectivity index (χ3n) is 7.65. The number of para-hydroxylation sites is 2. The lowest BCUT2D eigenvalue weighted by atomic mass is 9.92. The Bertz CT molecular complexity index is 1460. The van der Waals surface area contributed by atoms with Crippen molar-refractivity contribution in [2.24, 2.45) is 5.92 Å². The molecule has 3 aromatic rings. The smallest absolute Gasteiger partial charge is 0.329 e. The van der Waals surface area contributed by atoms with Crippen LogP contribution in [0.15, 0.2) is 42.9 Å². The van der Waals surface area contributed by atoms with Crippen molar-refractivity contribution in [3.63, 3.8) is 0 Å². The van der Waals surface area contributed by atoms with Crippen LogP contribution in [0, 0.1) is 17.2 Å². The monoisotopic (exact) mass is 560 g/mol. The summed E-state index contributed by atoms with van der Waals surface area (Å²) in [6.07, 6.45) is 3.77. The number of nitriles is 1. The summed E-state index contributed by atoms with van der Waals surface area (Å²) in [6, 6.07) is 10.1. The van der Waals surface area contributed by atoms with Gasteiger partial charge in [0.25, 0.3) is 0 Å². The first-order chi connectivity index (χ1) is 19.6. The number of piperidine rings is 1. The largest absolute Gasteiger partial charge is 0.397 e. The minimum atomic E-state index is -0.333. The van der Waals surface area contributed by atoms with E-state index in [0.29, 0.717) is 53.8 Å². The van der Waals surface area contributed by atoms with Gasteiger partial charge in [0, 0.05) is 53.5 Å². The molecular weight excluding hydrogens is 524 g/mol. The molecule has 2 atom stereocenters. The molecule has 0 saturated carbocycles. The van der Waals surface area contributed by atoms with Crippen molar-refractivity contribution in [3.05, 3.63) is 42.9 Å². The molecule has 4 amide bonds. The summed E-state index contributed by atoms with van der Waals surface area (Å²) >= 11 is 0. The van der Waals surface area contributed by atoms with E-state index in [1.807, 2.05) is 24.1 Å². The average Bonchev–Trinajstić information content (AvgIpc) is 3.40. The van der Waals surface area contributed by atoms with Gasteiger partial charge in [0.15, 0.2) is 5.65 Å². The van der Waals surface area contributed by atoms with Gasteiger partial charge in [-0.15, -0.1) is 0 Å². The maximum absolute atomic E-state index is 13.4. The maximum atomic E-state index is 13.4. The average molecular weight is 561 g/mol. The number of aromatic nitrogens is 3. The van der Waals surface area contributed by atoms with Crippen molar-refractivity contribution in [1.29, 1.82) is 5.26 Å². The predicted molar refractivity (Wildman–Crippen MR) is 156 cm³/mol. The maximum Gasteiger partial charge on any atom is 0.329 e. The number of hydrogen-bond donors (Lipinski definition) is 2. The third-order valence-corrected chi connectivity index (χ3v) is 7.65. The zero-order chi connectivity index (χ0) is 29.7. The highest BCUT2D eigenvalue weighted by Crippen LogP contribution is 2.30. The van der Waals surface area contributed by atoms with E-state index >= 15 is 0 Å². The van der Waals surface area contributed by atoms with Crippen molar-refractivity contribution in [3.8, 4) is 6.07 Å². The first kappa shape index (κ1) is 29.1. The van der Waals surface area contributed by atoms with Crippen LogP contribution in [0.1, 0.15) is 19.8 Å². The number of carbonyl (C=O) groups is 3. The number of urea groups is 1. The van der Waals surface area contributed by atoms with E-state index in [2.05, 4.69) is 22.2 Å². The van der Waals surface area contributed by atoms with Crippen LogP contribution in [-0.4, -0.2) is 101 Å². The molecule has 3 heterocycles. The van der Waals surface area contributed by atoms with Crippen molar-refractivity contribution < 1.29 is 14.4 Å². The van der Waals surface area contributed by atoms with Crippen molar-refractivity contribution in [2.75, 3.05) is 63.3 Å². The Morgan fingerprint density at radius 1 is 1.12 bits per heavy atom. The van der Waals surface area contributed by atoms with Crippen LogP contribution >= 0.6 is 0 Å². The van der Waals surface area contributed by atoms with Gasteiger partial charge in [0.2, 0.25) is 5.91 Å². The van der Waals surface area contributed by atoms with Crippen molar-refractivity contribution in [1.82, 2.24) is 29.2 Å². The van der Waals surface area contributed by atoms with E-state index in [9.17, 15) is 14.4 Å². The minimum absolute atomic E-state index is 0.0147. The fourth-order valence-electron chi connectivity index (χ4n) is 4.99. The lowest BCUT2D eigenvalue weighted by Crippen LogP contribution is -2.52. The molecule has 1 aromatic carbocycles. The molecule has 13 nitrogen and oxygen atoms in total. The number of anilines is 3. The molecule has 13 heteroatoms. The van der Waals surface area contributed by atoms with Gasteiger partial charge in [0.05, 0.1) is 28.9 Å². The Balaban J connectivity index is 1.44. The standard InChI is InChI=1S/C28H36N10O3/c1-19-10-13-37(24(39)9-12-29)17-23(19)36(4)25-20-11-14-38(26(20)32-18-31-25)28(41)35(3)16-15-34(2)27(40)33-22-8-6-5-7-21(22)30/h5-8,11,14,18-19,23H,9-10,13,15-17,30H2,1-4H3,(H,33,40)/t19-,23+/m1/s1. The van der Waals surface area contributed by atoms with Crippen LogP contribution in [0.5, 0.6) is 0 Å². The summed E-state index contributed by atoms with van der Waals surface area (Å²) in [4.78, 5) is 54.0. The van der Waals surface area contributed by atoms with Gasteiger partial charge in [-0.05, 0) is 30.5 Å². The van der Waals surface area contributed by atoms with Gasteiger partial charge in [-0.2, -0.15) is 5.26 Å². The van der Waals surface area contributed by atoms with E-state index in [1.165, 1.54) is 20.7 Å². The Hall–Kier alpha value is -4.86. The quantitative estimate of drug-likeness (QED) is 0.418. The van der Waals surface area contributed by atoms with Crippen LogP contribution in [0.2, 0.25) is 0 Å². The molecule has 0 unspecified atom stereocenters. The second-order valence-corrected chi connectivity index (χ2v) is 10.4. The lowest BCUT2D eigenvalue weighted by molar-refractivity contribution is -0.131. The Kier molecular flexibility index (Phi) is 8.91. The second kappa shape index (κ2) is 12.5. The fourth-order valence-corrected chi connectivity index (χ4v) is 4.99. The zero-order valence-electron chi connectivity index (χ0n) is 23.8. The molecule has 1 saturated heterocycles. The summed E-state index contributed by atoms with van der Waals surface area (Å²) < 4.78 is 1.46. The number of likely N-dealkylation sites (N-methyl/N-ethyl adjacent to an activating group) is 3. The van der Waals surface area contributed by atoms with Crippen molar-refractivity contribution >= 4 is 46.2 Å². The highest BCUT2D eigenvalue weighted by molar-refractivity contribution is 5.95.